The summed E-state index contributed by atoms with van der Waals surface area (Å²) in [7, 11) is -1.94. The number of carbonyl (C=O) groups is 1. The number of carbonyl (C=O) groups excluding carboxylic acids is 1. The first kappa shape index (κ1) is 26.2. The highest BCUT2D eigenvalue weighted by Crippen LogP contribution is 2.13. The maximum Gasteiger partial charge on any atom is 0.308 e. The largest absolute Gasteiger partial charge is 0.497 e. The molecule has 0 unspecified atom stereocenters. The van der Waals surface area contributed by atoms with E-state index in [-0.39, 0.29) is 30.6 Å². The van der Waals surface area contributed by atoms with Crippen LogP contribution < -0.4 is 20.1 Å². The van der Waals surface area contributed by atoms with E-state index in [0.717, 1.165) is 23.1 Å². The molecule has 0 aliphatic heterocycles. The van der Waals surface area contributed by atoms with Gasteiger partial charge in [0.05, 0.1) is 37.6 Å². The lowest BCUT2D eigenvalue weighted by Crippen LogP contribution is -2.49. The summed E-state index contributed by atoms with van der Waals surface area (Å²) in [5.74, 6) is 0.374. The molecule has 1 aromatic heterocycles. The molecule has 2 atom stereocenters. The number of hydrogen-bond donors (Lipinski definition) is 4. The zero-order valence-electron chi connectivity index (χ0n) is 19.6. The lowest BCUT2D eigenvalue weighted by atomic mass is 10.0. The monoisotopic (exact) mass is 502 g/mol. The number of aliphatic hydroxyl groups is 1. The van der Waals surface area contributed by atoms with Crippen molar-refractivity contribution in [2.75, 3.05) is 24.6 Å². The number of sulfonamides is 1. The zero-order valence-corrected chi connectivity index (χ0v) is 20.4. The standard InChI is InChI=1S/C24H30N4O6S/c1-33-20-10-6-9-18(11-20)14-25-15-22(29)21(12-17-7-4-3-5-8-17)27-23(30)13-19-16-34-24(26-19)28-35(2,31)32/h3-11,16,21-22,25,29H,12-15H2,1-2H3,(H,26,28)(H,27,30)/t21-,22+/m0/s1. The number of amides is 1. The van der Waals surface area contributed by atoms with Crippen molar-refractivity contribution in [3.05, 3.63) is 77.7 Å². The molecule has 10 nitrogen and oxygen atoms in total. The summed E-state index contributed by atoms with van der Waals surface area (Å²) < 4.78 is 35.0. The van der Waals surface area contributed by atoms with Crippen molar-refractivity contribution in [3.63, 3.8) is 0 Å². The molecule has 0 fully saturated rings. The fourth-order valence-corrected chi connectivity index (χ4v) is 3.87. The Morgan fingerprint density at radius 1 is 1.14 bits per heavy atom. The fourth-order valence-electron chi connectivity index (χ4n) is 3.46. The van der Waals surface area contributed by atoms with Gasteiger partial charge in [-0.2, -0.15) is 4.98 Å². The average molecular weight is 503 g/mol. The van der Waals surface area contributed by atoms with Gasteiger partial charge in [0.1, 0.15) is 12.0 Å². The van der Waals surface area contributed by atoms with Gasteiger partial charge in [-0.25, -0.2) is 13.1 Å². The van der Waals surface area contributed by atoms with Crippen LogP contribution in [0.2, 0.25) is 0 Å². The first-order chi connectivity index (χ1) is 16.7. The second-order valence-corrected chi connectivity index (χ2v) is 9.86. The molecular formula is C24H30N4O6S. The quantitative estimate of drug-likeness (QED) is 0.275. The highest BCUT2D eigenvalue weighted by Gasteiger charge is 2.22. The number of hydrogen-bond acceptors (Lipinski definition) is 8. The third kappa shape index (κ3) is 9.04. The molecular weight excluding hydrogens is 472 g/mol. The van der Waals surface area contributed by atoms with Crippen LogP contribution in [0.4, 0.5) is 6.01 Å². The molecule has 3 aromatic rings. The molecule has 1 amide bonds. The van der Waals surface area contributed by atoms with Crippen LogP contribution in [0.5, 0.6) is 5.75 Å². The second-order valence-electron chi connectivity index (χ2n) is 8.11. The highest BCUT2D eigenvalue weighted by molar-refractivity contribution is 7.91. The third-order valence-electron chi connectivity index (χ3n) is 5.09. The molecule has 3 rings (SSSR count). The molecule has 2 aromatic carbocycles. The number of methoxy groups -OCH3 is 1. The van der Waals surface area contributed by atoms with E-state index in [1.54, 1.807) is 7.11 Å². The van der Waals surface area contributed by atoms with E-state index >= 15 is 0 Å². The number of aromatic nitrogens is 1. The molecule has 0 saturated carbocycles. The van der Waals surface area contributed by atoms with Crippen LogP contribution in [0.25, 0.3) is 0 Å². The summed E-state index contributed by atoms with van der Waals surface area (Å²) >= 11 is 0. The van der Waals surface area contributed by atoms with Crippen LogP contribution in [0.3, 0.4) is 0 Å². The molecule has 0 bridgehead atoms. The Labute approximate surface area is 204 Å². The van der Waals surface area contributed by atoms with E-state index in [4.69, 9.17) is 9.15 Å². The second kappa shape index (κ2) is 12.3. The highest BCUT2D eigenvalue weighted by atomic mass is 32.2. The maximum absolute atomic E-state index is 12.7. The minimum atomic E-state index is -3.54. The molecule has 35 heavy (non-hydrogen) atoms. The predicted molar refractivity (Wildman–Crippen MR) is 131 cm³/mol. The molecule has 1 heterocycles. The predicted octanol–water partition coefficient (Wildman–Crippen LogP) is 1.48. The summed E-state index contributed by atoms with van der Waals surface area (Å²) in [4.78, 5) is 16.7. The summed E-state index contributed by atoms with van der Waals surface area (Å²) in [5.41, 5.74) is 2.23. The van der Waals surface area contributed by atoms with E-state index in [1.807, 2.05) is 54.6 Å². The summed E-state index contributed by atoms with van der Waals surface area (Å²) in [5, 5.41) is 17.0. The van der Waals surface area contributed by atoms with Crippen molar-refractivity contribution in [1.82, 2.24) is 15.6 Å². The number of ether oxygens (including phenoxy) is 1. The van der Waals surface area contributed by atoms with Gasteiger partial charge in [0, 0.05) is 13.1 Å². The average Bonchev–Trinajstić information content (AvgIpc) is 3.24. The van der Waals surface area contributed by atoms with E-state index in [1.165, 1.54) is 6.26 Å². The van der Waals surface area contributed by atoms with Crippen LogP contribution in [-0.2, 0) is 34.2 Å². The molecule has 4 N–H and O–H groups in total. The van der Waals surface area contributed by atoms with Crippen LogP contribution in [0.15, 0.2) is 65.3 Å². The molecule has 0 aliphatic carbocycles. The summed E-state index contributed by atoms with van der Waals surface area (Å²) in [6.45, 7) is 0.774. The Kier molecular flexibility index (Phi) is 9.24. The Balaban J connectivity index is 1.60. The number of nitrogens with one attached hydrogen (secondary N) is 3. The number of aliphatic hydroxyl groups excluding tert-OH is 1. The number of anilines is 1. The number of nitrogens with zero attached hydrogens (tertiary/aromatic N) is 1. The Bertz CT molecular complexity index is 1200. The first-order valence-corrected chi connectivity index (χ1v) is 12.9. The van der Waals surface area contributed by atoms with E-state index in [2.05, 4.69) is 20.3 Å². The van der Waals surface area contributed by atoms with E-state index < -0.39 is 22.2 Å². The fraction of sp³-hybridized carbons (Fsp3) is 0.333. The Morgan fingerprint density at radius 2 is 1.89 bits per heavy atom. The van der Waals surface area contributed by atoms with Crippen molar-refractivity contribution in [2.24, 2.45) is 0 Å². The van der Waals surface area contributed by atoms with Gasteiger partial charge in [0.2, 0.25) is 15.9 Å². The SMILES string of the molecule is COc1cccc(CNC[C@@H](O)[C@H](Cc2ccccc2)NC(=O)Cc2coc(NS(C)(=O)=O)n2)c1. The van der Waals surface area contributed by atoms with Gasteiger partial charge in [-0.1, -0.05) is 42.5 Å². The van der Waals surface area contributed by atoms with Gasteiger partial charge < -0.3 is 24.9 Å². The van der Waals surface area contributed by atoms with Crippen molar-refractivity contribution in [2.45, 2.75) is 31.5 Å². The van der Waals surface area contributed by atoms with Gasteiger partial charge in [0.25, 0.3) is 0 Å². The van der Waals surface area contributed by atoms with Crippen LogP contribution in [0.1, 0.15) is 16.8 Å². The summed E-state index contributed by atoms with van der Waals surface area (Å²) in [6, 6.07) is 16.4. The van der Waals surface area contributed by atoms with E-state index in [0.29, 0.717) is 13.0 Å². The van der Waals surface area contributed by atoms with Crippen LogP contribution >= 0.6 is 0 Å². The van der Waals surface area contributed by atoms with Crippen molar-refractivity contribution in [3.8, 4) is 5.75 Å². The maximum atomic E-state index is 12.7. The van der Waals surface area contributed by atoms with Gasteiger partial charge in [-0.15, -0.1) is 0 Å². The molecule has 0 aliphatic rings. The number of oxazole rings is 1. The molecule has 11 heteroatoms. The Hall–Kier alpha value is -3.41. The van der Waals surface area contributed by atoms with Crippen molar-refractivity contribution >= 4 is 21.9 Å². The van der Waals surface area contributed by atoms with Crippen LogP contribution in [0, 0.1) is 0 Å². The zero-order chi connectivity index (χ0) is 25.3. The normalized spacial score (nSPS) is 13.1. The first-order valence-electron chi connectivity index (χ1n) is 11.0. The van der Waals surface area contributed by atoms with E-state index in [9.17, 15) is 18.3 Å². The van der Waals surface area contributed by atoms with Crippen molar-refractivity contribution in [1.29, 1.82) is 0 Å². The lowest BCUT2D eigenvalue weighted by Gasteiger charge is -2.25. The molecule has 188 valence electrons. The lowest BCUT2D eigenvalue weighted by molar-refractivity contribution is -0.122. The van der Waals surface area contributed by atoms with Crippen LogP contribution in [-0.4, -0.2) is 56.5 Å². The van der Waals surface area contributed by atoms with Gasteiger partial charge >= 0.3 is 6.01 Å². The molecule has 0 radical (unpaired) electrons. The van der Waals surface area contributed by atoms with Gasteiger partial charge in [-0.05, 0) is 29.7 Å². The number of rotatable bonds is 13. The molecule has 0 spiro atoms. The molecule has 0 saturated heterocycles. The minimum absolute atomic E-state index is 0.135. The third-order valence-corrected chi connectivity index (χ3v) is 5.64. The topological polar surface area (TPSA) is 143 Å². The smallest absolute Gasteiger partial charge is 0.308 e. The number of benzene rings is 2. The van der Waals surface area contributed by atoms with Gasteiger partial charge in [-0.3, -0.25) is 4.79 Å². The minimum Gasteiger partial charge on any atom is -0.497 e. The van der Waals surface area contributed by atoms with Crippen molar-refractivity contribution < 1.29 is 27.5 Å². The van der Waals surface area contributed by atoms with Gasteiger partial charge in [0.15, 0.2) is 0 Å². The summed E-state index contributed by atoms with van der Waals surface area (Å²) in [6.07, 6.45) is 1.61. The Morgan fingerprint density at radius 3 is 2.60 bits per heavy atom.